The Hall–Kier alpha value is -3.00. The molecule has 1 aromatic heterocycles. The van der Waals surface area contributed by atoms with Crippen LogP contribution in [0.5, 0.6) is 11.5 Å². The van der Waals surface area contributed by atoms with E-state index in [0.717, 1.165) is 12.2 Å². The molecule has 0 bridgehead atoms. The molecule has 0 spiro atoms. The van der Waals surface area contributed by atoms with Crippen LogP contribution in [-0.4, -0.2) is 39.1 Å². The molecule has 2 atom stereocenters. The Labute approximate surface area is 179 Å². The SMILES string of the molecule is CC(Sc1nnc(C2COc3ccccc3O2)n1C)C(=O)NCCc1ccccc1. The van der Waals surface area contributed by atoms with E-state index in [0.29, 0.717) is 29.9 Å². The molecular weight excluding hydrogens is 400 g/mol. The smallest absolute Gasteiger partial charge is 0.233 e. The van der Waals surface area contributed by atoms with Gasteiger partial charge in [-0.2, -0.15) is 0 Å². The van der Waals surface area contributed by atoms with Gasteiger partial charge in [0.15, 0.2) is 28.6 Å². The first-order valence-electron chi connectivity index (χ1n) is 9.88. The van der Waals surface area contributed by atoms with Gasteiger partial charge in [0, 0.05) is 13.6 Å². The van der Waals surface area contributed by atoms with E-state index in [9.17, 15) is 4.79 Å². The molecular formula is C22H24N4O3S. The maximum atomic E-state index is 12.5. The van der Waals surface area contributed by atoms with E-state index in [1.807, 2.05) is 61.0 Å². The summed E-state index contributed by atoms with van der Waals surface area (Å²) in [6, 6.07) is 17.7. The number of hydrogen-bond acceptors (Lipinski definition) is 6. The average molecular weight is 425 g/mol. The molecule has 1 aliphatic rings. The Morgan fingerprint density at radius 3 is 2.70 bits per heavy atom. The molecule has 8 heteroatoms. The van der Waals surface area contributed by atoms with Crippen LogP contribution in [0.25, 0.3) is 0 Å². The van der Waals surface area contributed by atoms with E-state index in [-0.39, 0.29) is 17.3 Å². The van der Waals surface area contributed by atoms with Crippen molar-refractivity contribution in [1.82, 2.24) is 20.1 Å². The lowest BCUT2D eigenvalue weighted by molar-refractivity contribution is -0.120. The van der Waals surface area contributed by atoms with Gasteiger partial charge < -0.3 is 19.4 Å². The van der Waals surface area contributed by atoms with Crippen molar-refractivity contribution in [1.29, 1.82) is 0 Å². The molecule has 0 saturated heterocycles. The summed E-state index contributed by atoms with van der Waals surface area (Å²) in [6.07, 6.45) is 0.459. The van der Waals surface area contributed by atoms with Crippen LogP contribution in [-0.2, 0) is 18.3 Å². The molecule has 1 aliphatic heterocycles. The zero-order chi connectivity index (χ0) is 20.9. The summed E-state index contributed by atoms with van der Waals surface area (Å²) in [6.45, 7) is 2.83. The van der Waals surface area contributed by atoms with Crippen molar-refractivity contribution in [3.8, 4) is 11.5 Å². The van der Waals surface area contributed by atoms with Gasteiger partial charge in [-0.15, -0.1) is 10.2 Å². The number of hydrogen-bond donors (Lipinski definition) is 1. The molecule has 2 aromatic carbocycles. The van der Waals surface area contributed by atoms with Crippen molar-refractivity contribution in [2.45, 2.75) is 29.9 Å². The van der Waals surface area contributed by atoms with Crippen LogP contribution in [0.15, 0.2) is 59.8 Å². The highest BCUT2D eigenvalue weighted by Gasteiger charge is 2.28. The average Bonchev–Trinajstić information content (AvgIpc) is 3.14. The van der Waals surface area contributed by atoms with Gasteiger partial charge in [0.25, 0.3) is 0 Å². The number of nitrogens with one attached hydrogen (secondary N) is 1. The minimum atomic E-state index is -0.346. The summed E-state index contributed by atoms with van der Waals surface area (Å²) >= 11 is 1.38. The highest BCUT2D eigenvalue weighted by Crippen LogP contribution is 2.36. The molecule has 1 amide bonds. The second-order valence-electron chi connectivity index (χ2n) is 7.05. The lowest BCUT2D eigenvalue weighted by atomic mass is 10.1. The van der Waals surface area contributed by atoms with Crippen LogP contribution in [0.1, 0.15) is 24.4 Å². The number of fused-ring (bicyclic) bond motifs is 1. The molecule has 30 heavy (non-hydrogen) atoms. The van der Waals surface area contributed by atoms with Gasteiger partial charge in [-0.1, -0.05) is 54.2 Å². The van der Waals surface area contributed by atoms with Crippen molar-refractivity contribution in [2.75, 3.05) is 13.2 Å². The summed E-state index contributed by atoms with van der Waals surface area (Å²) in [5, 5.41) is 11.9. The minimum absolute atomic E-state index is 0.0216. The third-order valence-corrected chi connectivity index (χ3v) is 6.01. The third kappa shape index (κ3) is 4.59. The van der Waals surface area contributed by atoms with E-state index in [1.165, 1.54) is 17.3 Å². The lowest BCUT2D eigenvalue weighted by Gasteiger charge is -2.25. The van der Waals surface area contributed by atoms with E-state index < -0.39 is 0 Å². The fraction of sp³-hybridized carbons (Fsp3) is 0.318. The number of carbonyl (C=O) groups excluding carboxylic acids is 1. The fourth-order valence-electron chi connectivity index (χ4n) is 3.19. The number of thioether (sulfide) groups is 1. The molecule has 7 nitrogen and oxygen atoms in total. The first kappa shape index (κ1) is 20.3. The van der Waals surface area contributed by atoms with Crippen molar-refractivity contribution in [2.24, 2.45) is 7.05 Å². The summed E-state index contributed by atoms with van der Waals surface area (Å²) < 4.78 is 13.7. The third-order valence-electron chi connectivity index (χ3n) is 4.87. The second kappa shape index (κ2) is 9.21. The molecule has 0 fully saturated rings. The highest BCUT2D eigenvalue weighted by atomic mass is 32.2. The first-order chi connectivity index (χ1) is 14.6. The quantitative estimate of drug-likeness (QED) is 0.587. The number of benzene rings is 2. The lowest BCUT2D eigenvalue weighted by Crippen LogP contribution is -2.32. The zero-order valence-corrected chi connectivity index (χ0v) is 17.8. The Morgan fingerprint density at radius 1 is 1.17 bits per heavy atom. The monoisotopic (exact) mass is 424 g/mol. The van der Waals surface area contributed by atoms with Gasteiger partial charge in [0.1, 0.15) is 6.61 Å². The normalized spacial score (nSPS) is 16.1. The predicted molar refractivity (Wildman–Crippen MR) is 115 cm³/mol. The molecule has 2 unspecified atom stereocenters. The van der Waals surface area contributed by atoms with Crippen LogP contribution in [0.3, 0.4) is 0 Å². The minimum Gasteiger partial charge on any atom is -0.485 e. The Balaban J connectivity index is 1.33. The van der Waals surface area contributed by atoms with Crippen molar-refractivity contribution in [3.63, 3.8) is 0 Å². The maximum absolute atomic E-state index is 12.5. The molecule has 156 valence electrons. The molecule has 4 rings (SSSR count). The van der Waals surface area contributed by atoms with E-state index in [1.54, 1.807) is 0 Å². The molecule has 0 radical (unpaired) electrons. The standard InChI is InChI=1S/C22H24N4O3S/c1-15(21(27)23-13-12-16-8-4-3-5-9-16)30-22-25-24-20(26(22)2)19-14-28-17-10-6-7-11-18(17)29-19/h3-11,15,19H,12-14H2,1-2H3,(H,23,27). The van der Waals surface area contributed by atoms with Gasteiger partial charge in [-0.3, -0.25) is 4.79 Å². The number of ether oxygens (including phenoxy) is 2. The van der Waals surface area contributed by atoms with E-state index in [4.69, 9.17) is 9.47 Å². The van der Waals surface area contributed by atoms with Crippen molar-refractivity contribution in [3.05, 3.63) is 66.0 Å². The topological polar surface area (TPSA) is 78.3 Å². The van der Waals surface area contributed by atoms with Gasteiger partial charge >= 0.3 is 0 Å². The number of nitrogens with zero attached hydrogens (tertiary/aromatic N) is 3. The Morgan fingerprint density at radius 2 is 1.90 bits per heavy atom. The summed E-state index contributed by atoms with van der Waals surface area (Å²) in [4.78, 5) is 12.5. The van der Waals surface area contributed by atoms with Crippen LogP contribution >= 0.6 is 11.8 Å². The van der Waals surface area contributed by atoms with Crippen molar-refractivity contribution < 1.29 is 14.3 Å². The number of carbonyl (C=O) groups is 1. The molecule has 1 N–H and O–H groups in total. The maximum Gasteiger partial charge on any atom is 0.233 e. The molecule has 3 aromatic rings. The fourth-order valence-corrected chi connectivity index (χ4v) is 4.03. The Bertz CT molecular complexity index is 1010. The van der Waals surface area contributed by atoms with Crippen LogP contribution in [0.4, 0.5) is 0 Å². The van der Waals surface area contributed by atoms with Gasteiger partial charge in [-0.05, 0) is 31.0 Å². The van der Waals surface area contributed by atoms with Gasteiger partial charge in [-0.25, -0.2) is 0 Å². The van der Waals surface area contributed by atoms with Crippen LogP contribution in [0.2, 0.25) is 0 Å². The largest absolute Gasteiger partial charge is 0.485 e. The summed E-state index contributed by atoms with van der Waals surface area (Å²) in [5.41, 5.74) is 1.20. The molecule has 2 heterocycles. The second-order valence-corrected chi connectivity index (χ2v) is 8.36. The highest BCUT2D eigenvalue weighted by molar-refractivity contribution is 8.00. The van der Waals surface area contributed by atoms with Gasteiger partial charge in [0.05, 0.1) is 5.25 Å². The van der Waals surface area contributed by atoms with Gasteiger partial charge in [0.2, 0.25) is 5.91 Å². The number of aromatic nitrogens is 3. The zero-order valence-electron chi connectivity index (χ0n) is 16.9. The van der Waals surface area contributed by atoms with Crippen molar-refractivity contribution >= 4 is 17.7 Å². The number of para-hydroxylation sites is 2. The Kier molecular flexibility index (Phi) is 6.23. The molecule has 0 saturated carbocycles. The van der Waals surface area contributed by atoms with E-state index >= 15 is 0 Å². The summed E-state index contributed by atoms with van der Waals surface area (Å²) in [5.74, 6) is 2.07. The molecule has 0 aliphatic carbocycles. The van der Waals surface area contributed by atoms with Crippen LogP contribution < -0.4 is 14.8 Å². The van der Waals surface area contributed by atoms with E-state index in [2.05, 4.69) is 27.6 Å². The summed E-state index contributed by atoms with van der Waals surface area (Å²) in [7, 11) is 1.88. The van der Waals surface area contributed by atoms with Crippen LogP contribution in [0, 0.1) is 0 Å². The first-order valence-corrected chi connectivity index (χ1v) is 10.8. The number of rotatable bonds is 7. The number of amides is 1. The predicted octanol–water partition coefficient (Wildman–Crippen LogP) is 3.17.